The third-order valence-corrected chi connectivity index (χ3v) is 4.91. The van der Waals surface area contributed by atoms with Crippen molar-refractivity contribution in [3.63, 3.8) is 0 Å². The molecule has 1 aromatic heterocycles. The Hall–Kier alpha value is -1.33. The molecule has 2 heterocycles. The van der Waals surface area contributed by atoms with Gasteiger partial charge in [-0.15, -0.1) is 0 Å². The summed E-state index contributed by atoms with van der Waals surface area (Å²) in [6.45, 7) is 5.45. The number of carboxylic acids is 1. The van der Waals surface area contributed by atoms with Gasteiger partial charge in [0.25, 0.3) is 0 Å². The average molecular weight is 352 g/mol. The third-order valence-electron chi connectivity index (χ3n) is 4.41. The molecule has 0 spiro atoms. The van der Waals surface area contributed by atoms with Crippen LogP contribution in [0.15, 0.2) is 33.2 Å². The quantitative estimate of drug-likeness (QED) is 0.910. The van der Waals surface area contributed by atoms with Gasteiger partial charge in [-0.3, -0.25) is 9.69 Å². The highest BCUT2D eigenvalue weighted by molar-refractivity contribution is 9.10. The number of benzene rings is 1. The number of carboxylic acid groups (broad SMARTS) is 1. The van der Waals surface area contributed by atoms with Crippen LogP contribution in [0.5, 0.6) is 0 Å². The van der Waals surface area contributed by atoms with E-state index in [1.54, 1.807) is 0 Å². The first-order chi connectivity index (χ1) is 9.95. The first-order valence-electron chi connectivity index (χ1n) is 7.11. The molecule has 3 unspecified atom stereocenters. The molecule has 0 saturated carbocycles. The van der Waals surface area contributed by atoms with Crippen LogP contribution in [0.2, 0.25) is 0 Å². The van der Waals surface area contributed by atoms with Crippen molar-refractivity contribution in [2.75, 3.05) is 13.1 Å². The number of halogens is 1. The van der Waals surface area contributed by atoms with E-state index in [0.29, 0.717) is 6.54 Å². The molecule has 5 heteroatoms. The molecule has 0 radical (unpaired) electrons. The van der Waals surface area contributed by atoms with E-state index in [0.717, 1.165) is 27.7 Å². The van der Waals surface area contributed by atoms with E-state index >= 15 is 0 Å². The number of carbonyl (C=O) groups is 1. The predicted octanol–water partition coefficient (Wildman–Crippen LogP) is 3.91. The highest BCUT2D eigenvalue weighted by Crippen LogP contribution is 2.34. The van der Waals surface area contributed by atoms with Gasteiger partial charge >= 0.3 is 5.97 Å². The first-order valence-corrected chi connectivity index (χ1v) is 7.91. The summed E-state index contributed by atoms with van der Waals surface area (Å²) < 4.78 is 6.94. The zero-order valence-electron chi connectivity index (χ0n) is 12.0. The number of likely N-dealkylation sites (tertiary alicyclic amines) is 1. The lowest BCUT2D eigenvalue weighted by molar-refractivity contribution is -0.142. The Balaban J connectivity index is 1.84. The summed E-state index contributed by atoms with van der Waals surface area (Å²) in [6, 6.07) is 8.06. The summed E-state index contributed by atoms with van der Waals surface area (Å²) in [7, 11) is 0. The van der Waals surface area contributed by atoms with Gasteiger partial charge in [-0.1, -0.05) is 22.9 Å². The molecule has 0 bridgehead atoms. The number of hydrogen-bond donors (Lipinski definition) is 1. The lowest BCUT2D eigenvalue weighted by Crippen LogP contribution is -2.26. The second-order valence-corrected chi connectivity index (χ2v) is 6.80. The SMILES string of the molecule is CC1CN(C(C)c2cc3cc(Br)ccc3o2)CC1C(=O)O. The molecule has 112 valence electrons. The summed E-state index contributed by atoms with van der Waals surface area (Å²) in [5, 5.41) is 10.3. The Morgan fingerprint density at radius 1 is 1.43 bits per heavy atom. The van der Waals surface area contributed by atoms with E-state index < -0.39 is 5.97 Å². The molecule has 1 aromatic carbocycles. The van der Waals surface area contributed by atoms with Crippen LogP contribution in [0, 0.1) is 11.8 Å². The van der Waals surface area contributed by atoms with Crippen LogP contribution in [0.4, 0.5) is 0 Å². The highest BCUT2D eigenvalue weighted by atomic mass is 79.9. The summed E-state index contributed by atoms with van der Waals surface area (Å²) in [5.41, 5.74) is 0.863. The molecule has 4 nitrogen and oxygen atoms in total. The van der Waals surface area contributed by atoms with Crippen molar-refractivity contribution < 1.29 is 14.3 Å². The number of nitrogens with zero attached hydrogens (tertiary/aromatic N) is 1. The second-order valence-electron chi connectivity index (χ2n) is 5.88. The van der Waals surface area contributed by atoms with Crippen LogP contribution in [-0.4, -0.2) is 29.1 Å². The largest absolute Gasteiger partial charge is 0.481 e. The molecule has 21 heavy (non-hydrogen) atoms. The average Bonchev–Trinajstić information content (AvgIpc) is 3.00. The van der Waals surface area contributed by atoms with Gasteiger partial charge in [0.05, 0.1) is 12.0 Å². The van der Waals surface area contributed by atoms with Crippen LogP contribution in [-0.2, 0) is 4.79 Å². The van der Waals surface area contributed by atoms with Gasteiger partial charge in [0.1, 0.15) is 11.3 Å². The van der Waals surface area contributed by atoms with Crippen molar-refractivity contribution in [3.8, 4) is 0 Å². The summed E-state index contributed by atoms with van der Waals surface area (Å²) in [5.74, 6) is 0.0709. The maximum Gasteiger partial charge on any atom is 0.308 e. The topological polar surface area (TPSA) is 53.7 Å². The molecule has 1 fully saturated rings. The van der Waals surface area contributed by atoms with E-state index in [-0.39, 0.29) is 17.9 Å². The Morgan fingerprint density at radius 3 is 2.86 bits per heavy atom. The van der Waals surface area contributed by atoms with Gasteiger partial charge in [0, 0.05) is 22.9 Å². The number of hydrogen-bond acceptors (Lipinski definition) is 3. The van der Waals surface area contributed by atoms with Crippen LogP contribution in [0.25, 0.3) is 11.0 Å². The lowest BCUT2D eigenvalue weighted by Gasteiger charge is -2.22. The van der Waals surface area contributed by atoms with Crippen molar-refractivity contribution in [2.24, 2.45) is 11.8 Å². The summed E-state index contributed by atoms with van der Waals surface area (Å²) in [4.78, 5) is 13.4. The van der Waals surface area contributed by atoms with Crippen molar-refractivity contribution in [1.82, 2.24) is 4.90 Å². The van der Waals surface area contributed by atoms with E-state index in [2.05, 4.69) is 27.8 Å². The fraction of sp³-hybridized carbons (Fsp3) is 0.438. The number of fused-ring (bicyclic) bond motifs is 1. The smallest absolute Gasteiger partial charge is 0.308 e. The van der Waals surface area contributed by atoms with Crippen LogP contribution >= 0.6 is 15.9 Å². The summed E-state index contributed by atoms with van der Waals surface area (Å²) in [6.07, 6.45) is 0. The summed E-state index contributed by atoms with van der Waals surface area (Å²) >= 11 is 3.46. The second kappa shape index (κ2) is 5.46. The minimum atomic E-state index is -0.703. The minimum absolute atomic E-state index is 0.0861. The molecule has 2 aromatic rings. The Bertz CT molecular complexity index is 681. The van der Waals surface area contributed by atoms with Crippen molar-refractivity contribution in [2.45, 2.75) is 19.9 Å². The molecule has 1 aliphatic rings. The molecule has 1 saturated heterocycles. The monoisotopic (exact) mass is 351 g/mol. The maximum absolute atomic E-state index is 11.2. The standard InChI is InChI=1S/C16H18BrNO3/c1-9-7-18(8-13(9)16(19)20)10(2)15-6-11-5-12(17)3-4-14(11)21-15/h3-6,9-10,13H,7-8H2,1-2H3,(H,19,20). The van der Waals surface area contributed by atoms with Gasteiger partial charge in [-0.2, -0.15) is 0 Å². The lowest BCUT2D eigenvalue weighted by atomic mass is 9.99. The number of aliphatic carboxylic acids is 1. The maximum atomic E-state index is 11.2. The van der Waals surface area contributed by atoms with Crippen molar-refractivity contribution in [3.05, 3.63) is 34.5 Å². The zero-order valence-corrected chi connectivity index (χ0v) is 13.6. The molecule has 1 N–H and O–H groups in total. The zero-order chi connectivity index (χ0) is 15.1. The molecule has 3 atom stereocenters. The Morgan fingerprint density at radius 2 is 2.19 bits per heavy atom. The van der Waals surface area contributed by atoms with Crippen molar-refractivity contribution >= 4 is 32.9 Å². The normalized spacial score (nSPS) is 24.5. The number of furan rings is 1. The van der Waals surface area contributed by atoms with Crippen LogP contribution in [0.3, 0.4) is 0 Å². The van der Waals surface area contributed by atoms with E-state index in [1.165, 1.54) is 0 Å². The van der Waals surface area contributed by atoms with Gasteiger partial charge in [-0.25, -0.2) is 0 Å². The molecule has 1 aliphatic heterocycles. The molecule has 0 amide bonds. The first kappa shape index (κ1) is 14.6. The van der Waals surface area contributed by atoms with E-state index in [9.17, 15) is 9.90 Å². The molecule has 3 rings (SSSR count). The fourth-order valence-electron chi connectivity index (χ4n) is 3.06. The minimum Gasteiger partial charge on any atom is -0.481 e. The molecular formula is C16H18BrNO3. The molecule has 0 aliphatic carbocycles. The van der Waals surface area contributed by atoms with E-state index in [1.807, 2.05) is 31.2 Å². The highest BCUT2D eigenvalue weighted by Gasteiger charge is 2.37. The van der Waals surface area contributed by atoms with Crippen molar-refractivity contribution in [1.29, 1.82) is 0 Å². The van der Waals surface area contributed by atoms with Gasteiger partial charge < -0.3 is 9.52 Å². The number of rotatable bonds is 3. The van der Waals surface area contributed by atoms with Crippen LogP contribution < -0.4 is 0 Å². The fourth-order valence-corrected chi connectivity index (χ4v) is 3.44. The third kappa shape index (κ3) is 2.72. The predicted molar refractivity (Wildman–Crippen MR) is 84.2 cm³/mol. The van der Waals surface area contributed by atoms with E-state index in [4.69, 9.17) is 4.42 Å². The molecular weight excluding hydrogens is 334 g/mol. The van der Waals surface area contributed by atoms with Gasteiger partial charge in [0.15, 0.2) is 0 Å². The van der Waals surface area contributed by atoms with Gasteiger partial charge in [0.2, 0.25) is 0 Å². The van der Waals surface area contributed by atoms with Gasteiger partial charge in [-0.05, 0) is 37.1 Å². The van der Waals surface area contributed by atoms with Crippen LogP contribution in [0.1, 0.15) is 25.6 Å². The Labute approximate surface area is 131 Å². The Kier molecular flexibility index (Phi) is 3.80.